The minimum absolute atomic E-state index is 0.0383. The molecule has 5 N–H and O–H groups in total. The molecule has 176 valence electrons. The summed E-state index contributed by atoms with van der Waals surface area (Å²) in [7, 11) is 0. The molecule has 1 aliphatic carbocycles. The number of anilines is 1. The molecule has 0 aromatic carbocycles. The highest BCUT2D eigenvalue weighted by atomic mass is 16.4. The Morgan fingerprint density at radius 1 is 1.18 bits per heavy atom. The number of nitrogens with one attached hydrogen (secondary N) is 2. The van der Waals surface area contributed by atoms with E-state index in [0.717, 1.165) is 11.1 Å². The molecule has 0 aliphatic heterocycles. The number of allylic oxidation sites excluding steroid dienone is 9. The van der Waals surface area contributed by atoms with E-state index < -0.39 is 5.97 Å². The Labute approximate surface area is 192 Å². The molecule has 0 radical (unpaired) electrons. The zero-order chi connectivity index (χ0) is 24.6. The highest BCUT2D eigenvalue weighted by Gasteiger charge is 2.26. The first kappa shape index (κ1) is 25.5. The van der Waals surface area contributed by atoms with Crippen LogP contribution in [-0.4, -0.2) is 36.5 Å². The van der Waals surface area contributed by atoms with Crippen LogP contribution in [0.5, 0.6) is 0 Å². The number of aliphatic carboxylic acids is 1. The maximum absolute atomic E-state index is 11.0. The Hall–Kier alpha value is -3.75. The number of nitrogens with two attached hydrogens (primary N) is 1. The normalized spacial score (nSPS) is 17.0. The summed E-state index contributed by atoms with van der Waals surface area (Å²) in [6.07, 6.45) is 15.0. The summed E-state index contributed by atoms with van der Waals surface area (Å²) in [5.41, 5.74) is 10.3. The van der Waals surface area contributed by atoms with E-state index in [1.165, 1.54) is 36.5 Å². The third-order valence-corrected chi connectivity index (χ3v) is 5.34. The summed E-state index contributed by atoms with van der Waals surface area (Å²) in [5, 5.41) is 18.1. The molecule has 0 saturated heterocycles. The van der Waals surface area contributed by atoms with Crippen molar-refractivity contribution in [3.8, 4) is 0 Å². The zero-order valence-electron chi connectivity index (χ0n) is 19.8. The second kappa shape index (κ2) is 11.2. The fourth-order valence-corrected chi connectivity index (χ4v) is 3.65. The predicted molar refractivity (Wildman–Crippen MR) is 130 cm³/mol. The number of rotatable bonds is 5. The first-order valence-electron chi connectivity index (χ1n) is 10.7. The topological polar surface area (TPSA) is 151 Å². The average Bonchev–Trinajstić information content (AvgIpc) is 3.16. The minimum Gasteiger partial charge on any atom is -0.478 e. The summed E-state index contributed by atoms with van der Waals surface area (Å²) >= 11 is 0. The molecule has 0 amide bonds. The standard InChI is InChI=1S/C20H28O2.C4H4N6O/c1-15(8-6-9-16(2)14-19(21)22)11-12-18-17(3)10-7-13-20(18,4)5;5-4-6-2-1(3(11)7-4)8-10-9-2/h6,8-9,11-12,14H,7,10,13H2,1-5H3,(H,21,22);(H4,5,6,7,8,9,10,11)/b9-6+,12-11+,15-8+,16-14+;. The largest absolute Gasteiger partial charge is 0.478 e. The van der Waals surface area contributed by atoms with E-state index in [4.69, 9.17) is 10.8 Å². The van der Waals surface area contributed by atoms with Crippen molar-refractivity contribution in [2.45, 2.75) is 53.9 Å². The molecule has 0 saturated carbocycles. The van der Waals surface area contributed by atoms with E-state index in [1.807, 2.05) is 12.2 Å². The Morgan fingerprint density at radius 3 is 2.58 bits per heavy atom. The molecule has 0 unspecified atom stereocenters. The van der Waals surface area contributed by atoms with Crippen LogP contribution in [0, 0.1) is 5.41 Å². The fourth-order valence-electron chi connectivity index (χ4n) is 3.65. The van der Waals surface area contributed by atoms with Crippen molar-refractivity contribution in [3.63, 3.8) is 0 Å². The molecule has 9 nitrogen and oxygen atoms in total. The Bertz CT molecular complexity index is 1210. The van der Waals surface area contributed by atoms with Gasteiger partial charge in [0.1, 0.15) is 0 Å². The van der Waals surface area contributed by atoms with Gasteiger partial charge in [-0.15, -0.1) is 10.2 Å². The smallest absolute Gasteiger partial charge is 0.328 e. The van der Waals surface area contributed by atoms with Gasteiger partial charge in [-0.25, -0.2) is 4.79 Å². The Balaban J connectivity index is 0.000000288. The van der Waals surface area contributed by atoms with Gasteiger partial charge in [0, 0.05) is 6.08 Å². The third-order valence-electron chi connectivity index (χ3n) is 5.34. The average molecular weight is 453 g/mol. The molecule has 33 heavy (non-hydrogen) atoms. The van der Waals surface area contributed by atoms with Gasteiger partial charge >= 0.3 is 5.97 Å². The van der Waals surface area contributed by atoms with Crippen LogP contribution < -0.4 is 11.3 Å². The van der Waals surface area contributed by atoms with E-state index in [9.17, 15) is 9.59 Å². The quantitative estimate of drug-likeness (QED) is 0.391. The van der Waals surface area contributed by atoms with Crippen molar-refractivity contribution < 1.29 is 9.90 Å². The van der Waals surface area contributed by atoms with Crippen molar-refractivity contribution in [1.29, 1.82) is 0 Å². The SMILES string of the molecule is CC1=C(/C=C/C(C)=C/C=C/C(C)=C/C(=O)O)C(C)(C)CCC1.Nc1nc2n[nH]nc2c(=O)[nH]1. The summed E-state index contributed by atoms with van der Waals surface area (Å²) in [5.74, 6) is -0.874. The van der Waals surface area contributed by atoms with Crippen LogP contribution in [0.4, 0.5) is 5.95 Å². The van der Waals surface area contributed by atoms with E-state index in [-0.39, 0.29) is 28.1 Å². The van der Waals surface area contributed by atoms with Gasteiger partial charge in [-0.05, 0) is 56.6 Å². The molecule has 0 atom stereocenters. The number of carbonyl (C=O) groups is 1. The van der Waals surface area contributed by atoms with Gasteiger partial charge in [0.25, 0.3) is 5.56 Å². The molecule has 3 rings (SSSR count). The molecule has 0 fully saturated rings. The molecule has 2 heterocycles. The van der Waals surface area contributed by atoms with Gasteiger partial charge in [-0.3, -0.25) is 9.78 Å². The molecule has 9 heteroatoms. The molecule has 2 aromatic rings. The lowest BCUT2D eigenvalue weighted by atomic mass is 9.72. The van der Waals surface area contributed by atoms with Crippen molar-refractivity contribution in [3.05, 3.63) is 69.1 Å². The fraction of sp³-hybridized carbons (Fsp3) is 0.375. The number of aromatic amines is 2. The van der Waals surface area contributed by atoms with Gasteiger partial charge in [-0.1, -0.05) is 55.4 Å². The zero-order valence-corrected chi connectivity index (χ0v) is 19.8. The highest BCUT2D eigenvalue weighted by Crippen LogP contribution is 2.40. The molecule has 1 aliphatic rings. The summed E-state index contributed by atoms with van der Waals surface area (Å²) in [6.45, 7) is 10.7. The van der Waals surface area contributed by atoms with Gasteiger partial charge in [0.05, 0.1) is 0 Å². The van der Waals surface area contributed by atoms with E-state index in [0.29, 0.717) is 0 Å². The Kier molecular flexibility index (Phi) is 8.67. The van der Waals surface area contributed by atoms with Gasteiger partial charge in [0.15, 0.2) is 5.52 Å². The number of aromatic nitrogens is 5. The van der Waals surface area contributed by atoms with Gasteiger partial charge < -0.3 is 10.8 Å². The number of H-pyrrole nitrogens is 2. The van der Waals surface area contributed by atoms with Crippen LogP contribution in [0.25, 0.3) is 11.2 Å². The first-order chi connectivity index (χ1) is 15.5. The minimum atomic E-state index is -0.912. The molecule has 0 bridgehead atoms. The van der Waals surface area contributed by atoms with Crippen LogP contribution in [-0.2, 0) is 4.79 Å². The number of fused-ring (bicyclic) bond motifs is 1. The van der Waals surface area contributed by atoms with Crippen molar-refractivity contribution in [2.24, 2.45) is 5.41 Å². The van der Waals surface area contributed by atoms with Crippen LogP contribution in [0.1, 0.15) is 53.9 Å². The van der Waals surface area contributed by atoms with Crippen molar-refractivity contribution >= 4 is 23.1 Å². The van der Waals surface area contributed by atoms with Crippen LogP contribution >= 0.6 is 0 Å². The highest BCUT2D eigenvalue weighted by molar-refractivity contribution is 5.81. The molecule has 0 spiro atoms. The van der Waals surface area contributed by atoms with E-state index in [2.05, 4.69) is 65.2 Å². The van der Waals surface area contributed by atoms with Crippen molar-refractivity contribution in [2.75, 3.05) is 5.73 Å². The third kappa shape index (κ3) is 7.71. The number of nitrogens with zero attached hydrogens (tertiary/aromatic N) is 3. The number of carboxylic acid groups (broad SMARTS) is 1. The molecular formula is C24H32N6O3. The number of nitrogen functional groups attached to an aromatic ring is 1. The second-order valence-electron chi connectivity index (χ2n) is 8.71. The number of carboxylic acids is 1. The van der Waals surface area contributed by atoms with E-state index in [1.54, 1.807) is 13.0 Å². The van der Waals surface area contributed by atoms with Crippen LogP contribution in [0.2, 0.25) is 0 Å². The maximum atomic E-state index is 11.0. The van der Waals surface area contributed by atoms with Crippen LogP contribution in [0.15, 0.2) is 63.5 Å². The number of hydrogen-bond donors (Lipinski definition) is 4. The van der Waals surface area contributed by atoms with Gasteiger partial charge in [-0.2, -0.15) is 10.2 Å². The maximum Gasteiger partial charge on any atom is 0.328 e. The van der Waals surface area contributed by atoms with Crippen LogP contribution in [0.3, 0.4) is 0 Å². The second-order valence-corrected chi connectivity index (χ2v) is 8.71. The molecule has 2 aromatic heterocycles. The lowest BCUT2D eigenvalue weighted by Gasteiger charge is -2.32. The molecular weight excluding hydrogens is 420 g/mol. The lowest BCUT2D eigenvalue weighted by molar-refractivity contribution is -0.131. The van der Waals surface area contributed by atoms with Gasteiger partial charge in [0.2, 0.25) is 11.6 Å². The summed E-state index contributed by atoms with van der Waals surface area (Å²) in [6, 6.07) is 0. The first-order valence-corrected chi connectivity index (χ1v) is 10.7. The summed E-state index contributed by atoms with van der Waals surface area (Å²) < 4.78 is 0. The monoisotopic (exact) mass is 452 g/mol. The number of hydrogen-bond acceptors (Lipinski definition) is 6. The van der Waals surface area contributed by atoms with E-state index >= 15 is 0 Å². The Morgan fingerprint density at radius 2 is 1.91 bits per heavy atom. The lowest BCUT2D eigenvalue weighted by Crippen LogP contribution is -2.19. The van der Waals surface area contributed by atoms with Crippen molar-refractivity contribution in [1.82, 2.24) is 25.4 Å². The predicted octanol–water partition coefficient (Wildman–Crippen LogP) is 4.23. The summed E-state index contributed by atoms with van der Waals surface area (Å²) in [4.78, 5) is 27.5.